The molecule has 0 aliphatic carbocycles. The molecule has 1 rings (SSSR count). The Morgan fingerprint density at radius 1 is 1.62 bits per heavy atom. The molecule has 2 unspecified atom stereocenters. The van der Waals surface area contributed by atoms with Crippen LogP contribution >= 0.6 is 0 Å². The minimum absolute atomic E-state index is 0.0422. The summed E-state index contributed by atoms with van der Waals surface area (Å²) in [5, 5.41) is 0. The van der Waals surface area contributed by atoms with E-state index in [-0.39, 0.29) is 12.4 Å². The molecule has 3 nitrogen and oxygen atoms in total. The zero-order valence-corrected chi connectivity index (χ0v) is 8.20. The summed E-state index contributed by atoms with van der Waals surface area (Å²) in [5.41, 5.74) is 0. The molecule has 0 amide bonds. The minimum Gasteiger partial charge on any atom is -0.353 e. The fraction of sp³-hybridized carbons (Fsp3) is 0.900. The second-order valence-electron chi connectivity index (χ2n) is 3.36. The standard InChI is InChI=1S/C10H18O3/c1-2-9(6-7-11)13-10-5-3-4-8-12-10/h7,9-10H,2-6,8H2,1H3. The van der Waals surface area contributed by atoms with Gasteiger partial charge in [0.15, 0.2) is 6.29 Å². The maximum absolute atomic E-state index is 10.3. The van der Waals surface area contributed by atoms with Crippen LogP contribution in [0.15, 0.2) is 0 Å². The molecule has 0 saturated carbocycles. The predicted molar refractivity (Wildman–Crippen MR) is 49.4 cm³/mol. The largest absolute Gasteiger partial charge is 0.353 e. The normalized spacial score (nSPS) is 25.5. The first-order valence-electron chi connectivity index (χ1n) is 5.07. The summed E-state index contributed by atoms with van der Waals surface area (Å²) >= 11 is 0. The minimum atomic E-state index is -0.0707. The lowest BCUT2D eigenvalue weighted by molar-refractivity contribution is -0.189. The Bertz CT molecular complexity index is 141. The second kappa shape index (κ2) is 6.11. The Morgan fingerprint density at radius 2 is 2.46 bits per heavy atom. The van der Waals surface area contributed by atoms with E-state index in [1.807, 2.05) is 6.92 Å². The summed E-state index contributed by atoms with van der Waals surface area (Å²) in [6.07, 6.45) is 5.51. The summed E-state index contributed by atoms with van der Waals surface area (Å²) < 4.78 is 11.0. The van der Waals surface area contributed by atoms with Crippen LogP contribution in [-0.2, 0) is 14.3 Å². The van der Waals surface area contributed by atoms with E-state index in [2.05, 4.69) is 0 Å². The van der Waals surface area contributed by atoms with Crippen molar-refractivity contribution in [2.24, 2.45) is 0 Å². The third-order valence-electron chi connectivity index (χ3n) is 2.30. The van der Waals surface area contributed by atoms with Crippen molar-refractivity contribution in [3.05, 3.63) is 0 Å². The van der Waals surface area contributed by atoms with Gasteiger partial charge in [0.1, 0.15) is 6.29 Å². The molecule has 0 aromatic carbocycles. The van der Waals surface area contributed by atoms with Gasteiger partial charge in [-0.25, -0.2) is 0 Å². The van der Waals surface area contributed by atoms with Crippen molar-refractivity contribution in [2.75, 3.05) is 6.61 Å². The van der Waals surface area contributed by atoms with Crippen LogP contribution in [0.25, 0.3) is 0 Å². The molecule has 1 heterocycles. The number of carbonyl (C=O) groups is 1. The van der Waals surface area contributed by atoms with Crippen molar-refractivity contribution in [1.29, 1.82) is 0 Å². The number of aldehydes is 1. The zero-order chi connectivity index (χ0) is 9.52. The molecule has 0 spiro atoms. The average molecular weight is 186 g/mol. The Morgan fingerprint density at radius 3 is 3.00 bits per heavy atom. The third-order valence-corrected chi connectivity index (χ3v) is 2.30. The molecule has 1 saturated heterocycles. The topological polar surface area (TPSA) is 35.5 Å². The molecule has 2 atom stereocenters. The Hall–Kier alpha value is -0.410. The van der Waals surface area contributed by atoms with E-state index in [0.717, 1.165) is 32.2 Å². The summed E-state index contributed by atoms with van der Waals surface area (Å²) in [7, 11) is 0. The van der Waals surface area contributed by atoms with Crippen LogP contribution in [0.4, 0.5) is 0 Å². The molecule has 1 aliphatic rings. The van der Waals surface area contributed by atoms with Crippen molar-refractivity contribution in [1.82, 2.24) is 0 Å². The van der Waals surface area contributed by atoms with E-state index in [0.29, 0.717) is 6.42 Å². The molecule has 0 N–H and O–H groups in total. The summed E-state index contributed by atoms with van der Waals surface area (Å²) in [6, 6.07) is 0. The maximum atomic E-state index is 10.3. The van der Waals surface area contributed by atoms with Crippen LogP contribution in [0.5, 0.6) is 0 Å². The van der Waals surface area contributed by atoms with Gasteiger partial charge in [0.2, 0.25) is 0 Å². The third kappa shape index (κ3) is 3.87. The lowest BCUT2D eigenvalue weighted by Crippen LogP contribution is -2.27. The summed E-state index contributed by atoms with van der Waals surface area (Å²) in [6.45, 7) is 2.82. The van der Waals surface area contributed by atoms with Crippen LogP contribution in [0.1, 0.15) is 39.0 Å². The first-order valence-corrected chi connectivity index (χ1v) is 5.07. The lowest BCUT2D eigenvalue weighted by atomic mass is 10.2. The van der Waals surface area contributed by atoms with Gasteiger partial charge in [-0.15, -0.1) is 0 Å². The maximum Gasteiger partial charge on any atom is 0.157 e. The number of hydrogen-bond donors (Lipinski definition) is 0. The molecule has 0 aromatic heterocycles. The Labute approximate surface area is 79.4 Å². The number of ether oxygens (including phenoxy) is 2. The van der Waals surface area contributed by atoms with Gasteiger partial charge in [0.25, 0.3) is 0 Å². The molecule has 0 radical (unpaired) electrons. The number of hydrogen-bond acceptors (Lipinski definition) is 3. The first kappa shape index (κ1) is 10.7. The van der Waals surface area contributed by atoms with E-state index in [9.17, 15) is 4.79 Å². The average Bonchev–Trinajstić information content (AvgIpc) is 2.19. The van der Waals surface area contributed by atoms with Crippen LogP contribution in [0.2, 0.25) is 0 Å². The highest BCUT2D eigenvalue weighted by Crippen LogP contribution is 2.17. The van der Waals surface area contributed by atoms with Gasteiger partial charge in [-0.1, -0.05) is 6.92 Å². The van der Waals surface area contributed by atoms with E-state index < -0.39 is 0 Å². The lowest BCUT2D eigenvalue weighted by Gasteiger charge is -2.26. The summed E-state index contributed by atoms with van der Waals surface area (Å²) in [5.74, 6) is 0. The van der Waals surface area contributed by atoms with Gasteiger partial charge < -0.3 is 14.3 Å². The highest BCUT2D eigenvalue weighted by Gasteiger charge is 2.18. The number of rotatable bonds is 5. The van der Waals surface area contributed by atoms with Crippen LogP contribution in [0, 0.1) is 0 Å². The van der Waals surface area contributed by atoms with Gasteiger partial charge in [0.05, 0.1) is 6.10 Å². The molecule has 0 aromatic rings. The quantitative estimate of drug-likeness (QED) is 0.615. The monoisotopic (exact) mass is 186 g/mol. The zero-order valence-electron chi connectivity index (χ0n) is 8.20. The predicted octanol–water partition coefficient (Wildman–Crippen LogP) is 1.90. The van der Waals surface area contributed by atoms with Gasteiger partial charge >= 0.3 is 0 Å². The fourth-order valence-corrected chi connectivity index (χ4v) is 1.46. The number of carbonyl (C=O) groups excluding carboxylic acids is 1. The van der Waals surface area contributed by atoms with Crippen LogP contribution in [0.3, 0.4) is 0 Å². The first-order chi connectivity index (χ1) is 6.36. The fourth-order valence-electron chi connectivity index (χ4n) is 1.46. The van der Waals surface area contributed by atoms with Crippen LogP contribution in [-0.4, -0.2) is 25.3 Å². The molecule has 13 heavy (non-hydrogen) atoms. The van der Waals surface area contributed by atoms with E-state index in [1.54, 1.807) is 0 Å². The second-order valence-corrected chi connectivity index (χ2v) is 3.36. The molecule has 3 heteroatoms. The van der Waals surface area contributed by atoms with E-state index in [4.69, 9.17) is 9.47 Å². The van der Waals surface area contributed by atoms with Gasteiger partial charge in [-0.05, 0) is 25.7 Å². The smallest absolute Gasteiger partial charge is 0.157 e. The molecule has 1 aliphatic heterocycles. The van der Waals surface area contributed by atoms with Crippen molar-refractivity contribution in [3.8, 4) is 0 Å². The molecule has 76 valence electrons. The van der Waals surface area contributed by atoms with E-state index >= 15 is 0 Å². The highest BCUT2D eigenvalue weighted by atomic mass is 16.7. The van der Waals surface area contributed by atoms with Crippen LogP contribution < -0.4 is 0 Å². The summed E-state index contributed by atoms with van der Waals surface area (Å²) in [4.78, 5) is 10.3. The van der Waals surface area contributed by atoms with E-state index in [1.165, 1.54) is 6.42 Å². The molecule has 1 fully saturated rings. The SMILES string of the molecule is CCC(CC=O)OC1CCCCO1. The van der Waals surface area contributed by atoms with Gasteiger partial charge in [-0.3, -0.25) is 0 Å². The highest BCUT2D eigenvalue weighted by molar-refractivity contribution is 5.50. The van der Waals surface area contributed by atoms with Crippen molar-refractivity contribution in [2.45, 2.75) is 51.4 Å². The molecule has 0 bridgehead atoms. The molecular weight excluding hydrogens is 168 g/mol. The Balaban J connectivity index is 2.22. The Kier molecular flexibility index (Phi) is 5.01. The molecular formula is C10H18O3. The van der Waals surface area contributed by atoms with Gasteiger partial charge in [-0.2, -0.15) is 0 Å². The van der Waals surface area contributed by atoms with Crippen molar-refractivity contribution < 1.29 is 14.3 Å². The van der Waals surface area contributed by atoms with Crippen molar-refractivity contribution >= 4 is 6.29 Å². The van der Waals surface area contributed by atoms with Crippen molar-refractivity contribution in [3.63, 3.8) is 0 Å². The van der Waals surface area contributed by atoms with Gasteiger partial charge in [0, 0.05) is 13.0 Å².